The largest absolute Gasteiger partial charge is 0.379 e. The van der Waals surface area contributed by atoms with E-state index in [0.29, 0.717) is 26.4 Å². The summed E-state index contributed by atoms with van der Waals surface area (Å²) < 4.78 is 38.3. The Labute approximate surface area is 236 Å². The maximum atomic E-state index is 7.25. The van der Waals surface area contributed by atoms with Crippen LogP contribution >= 0.6 is 43.4 Å². The van der Waals surface area contributed by atoms with Crippen molar-refractivity contribution in [2.45, 2.75) is 25.7 Å². The van der Waals surface area contributed by atoms with E-state index in [4.69, 9.17) is 45.5 Å². The number of allylic oxidation sites excluding steroid dienone is 6. The van der Waals surface area contributed by atoms with Crippen LogP contribution in [0.3, 0.4) is 0 Å². The third-order valence-electron chi connectivity index (χ3n) is 7.74. The first-order chi connectivity index (χ1) is 18.5. The lowest BCUT2D eigenvalue weighted by atomic mass is 10.2. The molecule has 0 aromatic heterocycles. The average Bonchev–Trinajstić information content (AvgIpc) is 3.62. The molecule has 0 bridgehead atoms. The van der Waals surface area contributed by atoms with Gasteiger partial charge >= 0.3 is 0 Å². The van der Waals surface area contributed by atoms with Gasteiger partial charge < -0.3 is 9.47 Å². The predicted molar refractivity (Wildman–Crippen MR) is 161 cm³/mol. The van der Waals surface area contributed by atoms with Crippen LogP contribution in [-0.2, 0) is 9.47 Å². The molecule has 0 aromatic rings. The molecule has 6 rings (SSSR count). The van der Waals surface area contributed by atoms with Crippen molar-refractivity contribution in [2.75, 3.05) is 78.8 Å². The molecule has 14 heteroatoms. The highest BCUT2D eigenvalue weighted by atomic mass is 35.9. The van der Waals surface area contributed by atoms with Gasteiger partial charge in [-0.15, -0.1) is 0 Å². The maximum absolute atomic E-state index is 7.25. The van der Waals surface area contributed by atoms with Gasteiger partial charge in [-0.2, -0.15) is 13.5 Å². The van der Waals surface area contributed by atoms with Gasteiger partial charge in [-0.25, -0.2) is 18.7 Å². The molecule has 4 aliphatic heterocycles. The van der Waals surface area contributed by atoms with Gasteiger partial charge in [0, 0.05) is 52.4 Å². The van der Waals surface area contributed by atoms with Gasteiger partial charge in [-0.05, 0) is 48.2 Å². The van der Waals surface area contributed by atoms with E-state index in [2.05, 4.69) is 55.1 Å². The highest BCUT2D eigenvalue weighted by molar-refractivity contribution is 8.13. The van der Waals surface area contributed by atoms with Gasteiger partial charge in [-0.3, -0.25) is 0 Å². The first kappa shape index (κ1) is 28.1. The van der Waals surface area contributed by atoms with Crippen molar-refractivity contribution in [1.82, 2.24) is 18.7 Å². The molecule has 1 spiro atoms. The monoisotopic (exact) mass is 619 g/mol. The number of ether oxygens (including phenoxy) is 2. The van der Waals surface area contributed by atoms with Crippen molar-refractivity contribution in [3.05, 3.63) is 47.6 Å². The highest BCUT2D eigenvalue weighted by Crippen LogP contribution is 2.85. The van der Waals surface area contributed by atoms with E-state index in [0.717, 1.165) is 78.0 Å². The third kappa shape index (κ3) is 5.82. The zero-order valence-corrected chi connectivity index (χ0v) is 26.0. The molecule has 3 fully saturated rings. The van der Waals surface area contributed by atoms with Crippen LogP contribution in [0.4, 0.5) is 0 Å². The predicted octanol–water partition coefficient (Wildman–Crippen LogP) is 7.15. The van der Waals surface area contributed by atoms with E-state index in [1.165, 1.54) is 11.1 Å². The van der Waals surface area contributed by atoms with Crippen LogP contribution in [0.1, 0.15) is 25.7 Å². The maximum Gasteiger partial charge on any atom is 0.257 e. The summed E-state index contributed by atoms with van der Waals surface area (Å²) in [7, 11) is -5.31. The van der Waals surface area contributed by atoms with Gasteiger partial charge in [0.05, 0.1) is 26.4 Å². The quantitative estimate of drug-likeness (QED) is 0.294. The molecule has 2 aliphatic carbocycles. The number of rotatable bonds is 6. The third-order valence-corrected chi connectivity index (χ3v) is 20.3. The smallest absolute Gasteiger partial charge is 0.257 e. The standard InChI is InChI=1S/C24H38Cl2N7O2P3/c25-36(26)27-37(30-13-17-34-18-14-30,31-15-19-35-20-16-31)29-38(28-36)32(21-23-7-1-2-8-23)11-5-6-12-33(38)22-24-9-3-4-10-24/h1-4,7,9H,5-6,8,10-22H2. The van der Waals surface area contributed by atoms with Crippen LogP contribution in [0.15, 0.2) is 61.1 Å². The molecule has 4 heterocycles. The second kappa shape index (κ2) is 12.1. The van der Waals surface area contributed by atoms with Gasteiger partial charge in [0.25, 0.3) is 5.91 Å². The molecule has 0 atom stereocenters. The summed E-state index contributed by atoms with van der Waals surface area (Å²) in [6.45, 7) is 9.31. The molecule has 0 aromatic carbocycles. The van der Waals surface area contributed by atoms with Gasteiger partial charge in [0.2, 0.25) is 15.0 Å². The Morgan fingerprint density at radius 1 is 0.658 bits per heavy atom. The second-order valence-electron chi connectivity index (χ2n) is 10.3. The van der Waals surface area contributed by atoms with Crippen LogP contribution < -0.4 is 0 Å². The zero-order chi connectivity index (χ0) is 26.1. The van der Waals surface area contributed by atoms with E-state index in [1.807, 2.05) is 0 Å². The van der Waals surface area contributed by atoms with Gasteiger partial charge in [0.1, 0.15) is 0 Å². The molecule has 38 heavy (non-hydrogen) atoms. The number of hydrogen-bond donors (Lipinski definition) is 0. The summed E-state index contributed by atoms with van der Waals surface area (Å²) >= 11 is 14.5. The Balaban J connectivity index is 1.55. The molecule has 9 nitrogen and oxygen atoms in total. The van der Waals surface area contributed by atoms with E-state index < -0.39 is 20.9 Å². The van der Waals surface area contributed by atoms with Crippen molar-refractivity contribution in [3.63, 3.8) is 0 Å². The Kier molecular flexibility index (Phi) is 8.94. The van der Waals surface area contributed by atoms with Crippen molar-refractivity contribution < 1.29 is 9.47 Å². The number of hydrogen-bond acceptors (Lipinski definition) is 9. The summed E-state index contributed by atoms with van der Waals surface area (Å²) in [5, 5.41) is 0. The van der Waals surface area contributed by atoms with E-state index in [1.54, 1.807) is 0 Å². The Morgan fingerprint density at radius 3 is 1.61 bits per heavy atom. The van der Waals surface area contributed by atoms with Crippen LogP contribution in [0.25, 0.3) is 0 Å². The topological polar surface area (TPSA) is 68.5 Å². The molecule has 0 radical (unpaired) electrons. The molecule has 210 valence electrons. The number of halogens is 2. The lowest BCUT2D eigenvalue weighted by molar-refractivity contribution is 0.0568. The van der Waals surface area contributed by atoms with Crippen LogP contribution in [0.2, 0.25) is 0 Å². The Hall–Kier alpha value is -0.0100. The van der Waals surface area contributed by atoms with Crippen LogP contribution in [-0.4, -0.2) is 97.5 Å². The minimum Gasteiger partial charge on any atom is -0.379 e. The molecule has 0 amide bonds. The first-order valence-corrected chi connectivity index (χ1v) is 20.4. The van der Waals surface area contributed by atoms with Gasteiger partial charge in [-0.1, -0.05) is 47.6 Å². The molecule has 6 aliphatic rings. The van der Waals surface area contributed by atoms with E-state index in [9.17, 15) is 0 Å². The Morgan fingerprint density at radius 2 is 1.16 bits per heavy atom. The van der Waals surface area contributed by atoms with E-state index in [-0.39, 0.29) is 0 Å². The highest BCUT2D eigenvalue weighted by Gasteiger charge is 2.49. The molecule has 0 unspecified atom stereocenters. The SMILES string of the molecule is ClP1(Cl)=NP(N2CCOCC2)(N2CCOCC2)=NP2(=N1)N(CC1=CC=CC1)CCCCN2CC1=CC=CC1. The Bertz CT molecular complexity index is 1130. The van der Waals surface area contributed by atoms with Crippen molar-refractivity contribution in [2.24, 2.45) is 13.5 Å². The average molecular weight is 620 g/mol. The fourth-order valence-corrected chi connectivity index (χ4v) is 21.4. The van der Waals surface area contributed by atoms with Crippen LogP contribution in [0, 0.1) is 0 Å². The minimum absolute atomic E-state index is 0.667. The summed E-state index contributed by atoms with van der Waals surface area (Å²) in [5.74, 6) is -3.03. The molecule has 0 N–H and O–H groups in total. The summed E-state index contributed by atoms with van der Waals surface area (Å²) in [6, 6.07) is 0. The normalized spacial score (nSPS) is 29.8. The van der Waals surface area contributed by atoms with Crippen molar-refractivity contribution in [1.29, 1.82) is 0 Å². The molecule has 0 saturated carbocycles. The molecular weight excluding hydrogens is 582 g/mol. The second-order valence-corrected chi connectivity index (χ2v) is 21.1. The van der Waals surface area contributed by atoms with E-state index >= 15 is 0 Å². The van der Waals surface area contributed by atoms with Gasteiger partial charge in [0.15, 0.2) is 0 Å². The summed E-state index contributed by atoms with van der Waals surface area (Å²) in [4.78, 5) is 0. The summed E-state index contributed by atoms with van der Waals surface area (Å²) in [6.07, 6.45) is 17.5. The summed E-state index contributed by atoms with van der Waals surface area (Å²) in [5.41, 5.74) is 2.80. The zero-order valence-electron chi connectivity index (χ0n) is 21.8. The fraction of sp³-hybridized carbons (Fsp3) is 0.667. The fourth-order valence-electron chi connectivity index (χ4n) is 5.85. The minimum atomic E-state index is -3.03. The molecule has 3 saturated heterocycles. The first-order valence-electron chi connectivity index (χ1n) is 13.7. The number of morpholine rings is 2. The lowest BCUT2D eigenvalue weighted by Crippen LogP contribution is -2.43. The van der Waals surface area contributed by atoms with Crippen molar-refractivity contribution in [3.8, 4) is 0 Å². The van der Waals surface area contributed by atoms with Crippen LogP contribution in [0.5, 0.6) is 0 Å². The van der Waals surface area contributed by atoms with Crippen molar-refractivity contribution >= 4 is 43.4 Å². The molecular formula is C24H38Cl2N7O2P3. The number of nitrogens with zero attached hydrogens (tertiary/aromatic N) is 7. The lowest BCUT2D eigenvalue weighted by Gasteiger charge is -2.49.